The molecule has 6 heteroatoms. The standard InChI is InChI=1S/C21H41N3O3.C3H8.3H2/c1-7-21(5,6)19(27)15(22)11-9-8-10-14-24-17(25)13-12-16(23)18(26)20(2,3)4;1-3-2;;;/h15-16H,7-14,22-23H2,1-6H3,(H,24,25);3H2,1-2H3;3*1H. The Labute approximate surface area is 189 Å². The molecule has 0 spiro atoms. The number of carbonyl (C=O) groups excluding carboxylic acids is 3. The van der Waals surface area contributed by atoms with Crippen LogP contribution in [0.5, 0.6) is 0 Å². The van der Waals surface area contributed by atoms with E-state index < -0.39 is 17.5 Å². The SMILES string of the molecule is CCC.CCC(C)(C)C(=O)C(N)CCCCCNC(=O)CCC(N)C(=O)C(C)(C)C.[HH].[HH].[HH]. The smallest absolute Gasteiger partial charge is 0.220 e. The first-order valence-electron chi connectivity index (χ1n) is 11.6. The van der Waals surface area contributed by atoms with E-state index in [0.29, 0.717) is 19.4 Å². The number of hydrogen-bond acceptors (Lipinski definition) is 5. The van der Waals surface area contributed by atoms with Crippen LogP contribution in [0.3, 0.4) is 0 Å². The summed E-state index contributed by atoms with van der Waals surface area (Å²) in [5.74, 6) is 0.0237. The van der Waals surface area contributed by atoms with Crippen LogP contribution in [0.2, 0.25) is 0 Å². The fraction of sp³-hybridized carbons (Fsp3) is 0.875. The summed E-state index contributed by atoms with van der Waals surface area (Å²) in [6, 6.07) is -1.00. The van der Waals surface area contributed by atoms with Gasteiger partial charge in [-0.25, -0.2) is 0 Å². The molecular weight excluding hydrogens is 378 g/mol. The highest BCUT2D eigenvalue weighted by molar-refractivity contribution is 5.89. The Bertz CT molecular complexity index is 525. The molecule has 0 saturated heterocycles. The Morgan fingerprint density at radius 1 is 0.833 bits per heavy atom. The van der Waals surface area contributed by atoms with Gasteiger partial charge in [-0.05, 0) is 25.7 Å². The quantitative estimate of drug-likeness (QED) is 0.358. The zero-order valence-electron chi connectivity index (χ0n) is 20.9. The van der Waals surface area contributed by atoms with E-state index in [1.807, 2.05) is 41.5 Å². The van der Waals surface area contributed by atoms with E-state index in [-0.39, 0.29) is 33.6 Å². The molecule has 0 fully saturated rings. The molecule has 0 aromatic rings. The van der Waals surface area contributed by atoms with E-state index >= 15 is 0 Å². The molecule has 0 saturated carbocycles. The van der Waals surface area contributed by atoms with Crippen molar-refractivity contribution >= 4 is 17.5 Å². The molecule has 0 aromatic heterocycles. The van der Waals surface area contributed by atoms with Gasteiger partial charge in [-0.2, -0.15) is 0 Å². The van der Waals surface area contributed by atoms with Crippen LogP contribution < -0.4 is 16.8 Å². The molecule has 0 heterocycles. The zero-order valence-corrected chi connectivity index (χ0v) is 20.9. The lowest BCUT2D eigenvalue weighted by molar-refractivity contribution is -0.129. The van der Waals surface area contributed by atoms with E-state index in [9.17, 15) is 14.4 Å². The average molecular weight is 434 g/mol. The Morgan fingerprint density at radius 3 is 1.80 bits per heavy atom. The van der Waals surface area contributed by atoms with Crippen LogP contribution >= 0.6 is 0 Å². The van der Waals surface area contributed by atoms with Crippen LogP contribution in [0, 0.1) is 10.8 Å². The minimum Gasteiger partial charge on any atom is -0.356 e. The van der Waals surface area contributed by atoms with Gasteiger partial charge in [0.2, 0.25) is 5.91 Å². The average Bonchev–Trinajstić information content (AvgIpc) is 2.67. The van der Waals surface area contributed by atoms with Gasteiger partial charge < -0.3 is 16.8 Å². The summed E-state index contributed by atoms with van der Waals surface area (Å²) in [6.45, 7) is 16.2. The van der Waals surface area contributed by atoms with Crippen molar-refractivity contribution in [3.63, 3.8) is 0 Å². The first-order valence-corrected chi connectivity index (χ1v) is 11.6. The van der Waals surface area contributed by atoms with Gasteiger partial charge in [0, 0.05) is 28.1 Å². The Hall–Kier alpha value is -1.27. The van der Waals surface area contributed by atoms with Crippen LogP contribution in [0.4, 0.5) is 0 Å². The second-order valence-electron chi connectivity index (χ2n) is 9.87. The van der Waals surface area contributed by atoms with Crippen molar-refractivity contribution < 1.29 is 18.7 Å². The lowest BCUT2D eigenvalue weighted by atomic mass is 9.81. The van der Waals surface area contributed by atoms with Crippen molar-refractivity contribution in [2.75, 3.05) is 6.54 Å². The molecule has 30 heavy (non-hydrogen) atoms. The van der Waals surface area contributed by atoms with Crippen LogP contribution in [0.1, 0.15) is 111 Å². The number of hydrogen-bond donors (Lipinski definition) is 3. The molecule has 0 aliphatic rings. The molecule has 0 bridgehead atoms. The maximum absolute atomic E-state index is 12.2. The van der Waals surface area contributed by atoms with Gasteiger partial charge in [0.1, 0.15) is 0 Å². The molecular formula is C24H55N3O3. The molecule has 0 aromatic carbocycles. The lowest BCUT2D eigenvalue weighted by Gasteiger charge is -2.24. The summed E-state index contributed by atoms with van der Waals surface area (Å²) in [6.07, 6.45) is 5.97. The first-order chi connectivity index (χ1) is 13.7. The van der Waals surface area contributed by atoms with Crippen molar-refractivity contribution in [2.45, 2.75) is 119 Å². The van der Waals surface area contributed by atoms with Crippen molar-refractivity contribution in [2.24, 2.45) is 22.3 Å². The van der Waals surface area contributed by atoms with Crippen LogP contribution in [-0.4, -0.2) is 36.1 Å². The molecule has 2 atom stereocenters. The number of nitrogens with two attached hydrogens (primary N) is 2. The van der Waals surface area contributed by atoms with E-state index in [0.717, 1.165) is 25.7 Å². The summed E-state index contributed by atoms with van der Waals surface area (Å²) in [5.41, 5.74) is 11.0. The predicted octanol–water partition coefficient (Wildman–Crippen LogP) is 4.87. The molecule has 2 unspecified atom stereocenters. The second-order valence-corrected chi connectivity index (χ2v) is 9.87. The summed E-state index contributed by atoms with van der Waals surface area (Å²) < 4.78 is 0. The minimum atomic E-state index is -0.595. The number of Topliss-reactive ketones (excluding diaryl/α,β-unsaturated/α-hetero) is 2. The Balaban J connectivity index is -0.000000411. The van der Waals surface area contributed by atoms with Gasteiger partial charge >= 0.3 is 0 Å². The minimum absolute atomic E-state index is 0. The fourth-order valence-corrected chi connectivity index (χ4v) is 2.76. The third kappa shape index (κ3) is 13.9. The highest BCUT2D eigenvalue weighted by Gasteiger charge is 2.29. The molecule has 6 nitrogen and oxygen atoms in total. The van der Waals surface area contributed by atoms with E-state index in [2.05, 4.69) is 19.2 Å². The Morgan fingerprint density at radius 2 is 1.33 bits per heavy atom. The summed E-state index contributed by atoms with van der Waals surface area (Å²) in [5, 5.41) is 2.86. The topological polar surface area (TPSA) is 115 Å². The number of unbranched alkanes of at least 4 members (excludes halogenated alkanes) is 2. The largest absolute Gasteiger partial charge is 0.356 e. The number of rotatable bonds is 13. The fourth-order valence-electron chi connectivity index (χ4n) is 2.76. The maximum atomic E-state index is 12.2. The predicted molar refractivity (Wildman–Crippen MR) is 133 cm³/mol. The highest BCUT2D eigenvalue weighted by Crippen LogP contribution is 2.23. The van der Waals surface area contributed by atoms with Crippen molar-refractivity contribution in [3.05, 3.63) is 0 Å². The van der Waals surface area contributed by atoms with Gasteiger partial charge in [0.05, 0.1) is 12.1 Å². The monoisotopic (exact) mass is 433 g/mol. The molecule has 1 amide bonds. The van der Waals surface area contributed by atoms with Gasteiger partial charge in [-0.1, -0.05) is 74.7 Å². The molecule has 0 rings (SSSR count). The third-order valence-electron chi connectivity index (χ3n) is 5.16. The lowest BCUT2D eigenvalue weighted by Crippen LogP contribution is -2.40. The van der Waals surface area contributed by atoms with Gasteiger partial charge in [0.25, 0.3) is 0 Å². The second kappa shape index (κ2) is 15.5. The molecule has 0 radical (unpaired) electrons. The normalized spacial score (nSPS) is 13.7. The zero-order chi connectivity index (χ0) is 24.0. The molecule has 5 N–H and O–H groups in total. The summed E-state index contributed by atoms with van der Waals surface area (Å²) in [4.78, 5) is 36.1. The van der Waals surface area contributed by atoms with E-state index in [1.165, 1.54) is 6.42 Å². The van der Waals surface area contributed by atoms with Crippen LogP contribution in [0.15, 0.2) is 0 Å². The van der Waals surface area contributed by atoms with E-state index in [1.54, 1.807) is 0 Å². The third-order valence-corrected chi connectivity index (χ3v) is 5.16. The highest BCUT2D eigenvalue weighted by atomic mass is 16.2. The molecule has 0 aliphatic carbocycles. The number of ketones is 2. The Kier molecular flexibility index (Phi) is 16.0. The number of carbonyl (C=O) groups is 3. The number of nitrogens with one attached hydrogen (secondary N) is 1. The van der Waals surface area contributed by atoms with Gasteiger partial charge in [-0.15, -0.1) is 0 Å². The summed E-state index contributed by atoms with van der Waals surface area (Å²) >= 11 is 0. The van der Waals surface area contributed by atoms with Crippen molar-refractivity contribution in [3.8, 4) is 0 Å². The first kappa shape index (κ1) is 30.9. The molecule has 0 aliphatic heterocycles. The maximum Gasteiger partial charge on any atom is 0.220 e. The van der Waals surface area contributed by atoms with Gasteiger partial charge in [-0.3, -0.25) is 14.4 Å². The summed E-state index contributed by atoms with van der Waals surface area (Å²) in [7, 11) is 0. The van der Waals surface area contributed by atoms with Crippen LogP contribution in [0.25, 0.3) is 0 Å². The van der Waals surface area contributed by atoms with Gasteiger partial charge in [0.15, 0.2) is 11.6 Å². The van der Waals surface area contributed by atoms with Crippen molar-refractivity contribution in [1.29, 1.82) is 0 Å². The van der Waals surface area contributed by atoms with Crippen LogP contribution in [-0.2, 0) is 14.4 Å². The molecule has 184 valence electrons. The number of amides is 1. The van der Waals surface area contributed by atoms with Crippen molar-refractivity contribution in [1.82, 2.24) is 5.32 Å². The van der Waals surface area contributed by atoms with E-state index in [4.69, 9.17) is 11.5 Å².